The summed E-state index contributed by atoms with van der Waals surface area (Å²) in [6.07, 6.45) is -4.62. The van der Waals surface area contributed by atoms with Crippen LogP contribution in [-0.2, 0) is 6.18 Å². The SMILES string of the molecule is CC#CSc1nc(C(F)(F)F)cc(=O)[nH]1. The number of hydrogen-bond acceptors (Lipinski definition) is 3. The molecule has 0 aliphatic carbocycles. The van der Waals surface area contributed by atoms with E-state index in [1.54, 1.807) is 0 Å². The van der Waals surface area contributed by atoms with Crippen LogP contribution in [0, 0.1) is 11.2 Å². The number of hydrogen-bond donors (Lipinski definition) is 1. The highest BCUT2D eigenvalue weighted by molar-refractivity contribution is 8.03. The van der Waals surface area contributed by atoms with Crippen molar-refractivity contribution in [3.05, 3.63) is 22.1 Å². The first-order valence-corrected chi connectivity index (χ1v) is 4.52. The Kier molecular flexibility index (Phi) is 3.42. The number of H-pyrrole nitrogens is 1. The highest BCUT2D eigenvalue weighted by Crippen LogP contribution is 2.27. The number of aromatic amines is 1. The summed E-state index contributed by atoms with van der Waals surface area (Å²) in [7, 11) is 0. The van der Waals surface area contributed by atoms with Crippen molar-refractivity contribution in [2.24, 2.45) is 0 Å². The Balaban J connectivity index is 3.15. The fourth-order valence-electron chi connectivity index (χ4n) is 0.728. The van der Waals surface area contributed by atoms with Gasteiger partial charge in [0.1, 0.15) is 0 Å². The van der Waals surface area contributed by atoms with Crippen LogP contribution < -0.4 is 5.56 Å². The molecule has 7 heteroatoms. The van der Waals surface area contributed by atoms with Gasteiger partial charge in [-0.15, -0.1) is 0 Å². The van der Waals surface area contributed by atoms with Gasteiger partial charge in [-0.1, -0.05) is 5.92 Å². The van der Waals surface area contributed by atoms with Gasteiger partial charge < -0.3 is 4.98 Å². The number of nitrogens with one attached hydrogen (secondary N) is 1. The Morgan fingerprint density at radius 1 is 1.53 bits per heavy atom. The van der Waals surface area contributed by atoms with Gasteiger partial charge in [0.15, 0.2) is 10.9 Å². The number of alkyl halides is 3. The highest BCUT2D eigenvalue weighted by atomic mass is 32.2. The standard InChI is InChI=1S/C8H5F3N2OS/c1-2-3-15-7-12-5(8(9,10)11)4-6(14)13-7/h4H,1H3,(H,12,13,14). The van der Waals surface area contributed by atoms with Gasteiger partial charge in [-0.25, -0.2) is 4.98 Å². The molecule has 0 saturated heterocycles. The van der Waals surface area contributed by atoms with Crippen molar-refractivity contribution >= 4 is 11.8 Å². The van der Waals surface area contributed by atoms with Crippen LogP contribution in [0.15, 0.2) is 16.0 Å². The average molecular weight is 234 g/mol. The van der Waals surface area contributed by atoms with Gasteiger partial charge in [-0.2, -0.15) is 13.2 Å². The third kappa shape index (κ3) is 3.32. The van der Waals surface area contributed by atoms with E-state index in [-0.39, 0.29) is 5.16 Å². The fraction of sp³-hybridized carbons (Fsp3) is 0.250. The van der Waals surface area contributed by atoms with E-state index in [1.165, 1.54) is 6.92 Å². The van der Waals surface area contributed by atoms with E-state index < -0.39 is 17.4 Å². The first kappa shape index (κ1) is 11.7. The van der Waals surface area contributed by atoms with Crippen LogP contribution in [0.2, 0.25) is 0 Å². The molecule has 0 atom stereocenters. The Morgan fingerprint density at radius 2 is 2.20 bits per heavy atom. The summed E-state index contributed by atoms with van der Waals surface area (Å²) in [4.78, 5) is 16.2. The summed E-state index contributed by atoms with van der Waals surface area (Å²) >= 11 is 0.737. The molecule has 1 aromatic heterocycles. The molecule has 0 amide bonds. The van der Waals surface area contributed by atoms with Crippen molar-refractivity contribution in [2.75, 3.05) is 0 Å². The third-order valence-electron chi connectivity index (χ3n) is 1.26. The second-order valence-electron chi connectivity index (χ2n) is 2.39. The molecule has 1 aromatic rings. The molecule has 0 fully saturated rings. The highest BCUT2D eigenvalue weighted by Gasteiger charge is 2.33. The molecule has 1 rings (SSSR count). The maximum absolute atomic E-state index is 12.2. The molecule has 0 aliphatic rings. The molecule has 1 N–H and O–H groups in total. The van der Waals surface area contributed by atoms with Crippen molar-refractivity contribution in [2.45, 2.75) is 18.3 Å². The molecule has 0 bridgehead atoms. The van der Waals surface area contributed by atoms with E-state index in [2.05, 4.69) is 21.1 Å². The van der Waals surface area contributed by atoms with Crippen molar-refractivity contribution < 1.29 is 13.2 Å². The zero-order valence-electron chi connectivity index (χ0n) is 7.47. The zero-order chi connectivity index (χ0) is 11.5. The van der Waals surface area contributed by atoms with Gasteiger partial charge in [-0.3, -0.25) is 4.79 Å². The molecule has 0 spiro atoms. The zero-order valence-corrected chi connectivity index (χ0v) is 8.29. The lowest BCUT2D eigenvalue weighted by Crippen LogP contribution is -2.16. The average Bonchev–Trinajstić information content (AvgIpc) is 2.12. The number of halogens is 3. The molecular weight excluding hydrogens is 229 g/mol. The van der Waals surface area contributed by atoms with E-state index in [1.807, 2.05) is 0 Å². The number of nitrogens with zero attached hydrogens (tertiary/aromatic N) is 1. The van der Waals surface area contributed by atoms with E-state index in [4.69, 9.17) is 0 Å². The van der Waals surface area contributed by atoms with Crippen molar-refractivity contribution in [3.8, 4) is 11.2 Å². The normalized spacial score (nSPS) is 10.7. The van der Waals surface area contributed by atoms with Gasteiger partial charge in [0.25, 0.3) is 5.56 Å². The van der Waals surface area contributed by atoms with Gasteiger partial charge in [0, 0.05) is 17.8 Å². The third-order valence-corrected chi connectivity index (χ3v) is 1.95. The molecule has 0 radical (unpaired) electrons. The van der Waals surface area contributed by atoms with Crippen LogP contribution >= 0.6 is 11.8 Å². The van der Waals surface area contributed by atoms with Crippen LogP contribution in [0.1, 0.15) is 12.6 Å². The van der Waals surface area contributed by atoms with E-state index in [0.29, 0.717) is 6.07 Å². The van der Waals surface area contributed by atoms with Crippen LogP contribution in [-0.4, -0.2) is 9.97 Å². The van der Waals surface area contributed by atoms with Crippen LogP contribution in [0.4, 0.5) is 13.2 Å². The van der Waals surface area contributed by atoms with Crippen LogP contribution in [0.5, 0.6) is 0 Å². The Morgan fingerprint density at radius 3 is 2.73 bits per heavy atom. The quantitative estimate of drug-likeness (QED) is 0.458. The summed E-state index contributed by atoms with van der Waals surface area (Å²) in [5, 5.41) is 2.27. The minimum absolute atomic E-state index is 0.163. The first-order valence-electron chi connectivity index (χ1n) is 3.70. The summed E-state index contributed by atoms with van der Waals surface area (Å²) in [5.74, 6) is 2.46. The largest absolute Gasteiger partial charge is 0.433 e. The number of aromatic nitrogens is 2. The monoisotopic (exact) mass is 234 g/mol. The molecule has 0 aromatic carbocycles. The van der Waals surface area contributed by atoms with Gasteiger partial charge in [0.2, 0.25) is 0 Å². The topological polar surface area (TPSA) is 45.8 Å². The minimum atomic E-state index is -4.62. The lowest BCUT2D eigenvalue weighted by atomic mass is 10.4. The molecular formula is C8H5F3N2OS. The Hall–Kier alpha value is -1.42. The number of thioether (sulfide) groups is 1. The number of rotatable bonds is 1. The van der Waals surface area contributed by atoms with E-state index >= 15 is 0 Å². The summed E-state index contributed by atoms with van der Waals surface area (Å²) in [5.41, 5.74) is -2.07. The van der Waals surface area contributed by atoms with Crippen molar-refractivity contribution in [1.82, 2.24) is 9.97 Å². The maximum atomic E-state index is 12.2. The lowest BCUT2D eigenvalue weighted by Gasteiger charge is -2.04. The summed E-state index contributed by atoms with van der Waals surface area (Å²) in [6, 6.07) is 0.406. The smallest absolute Gasteiger partial charge is 0.301 e. The van der Waals surface area contributed by atoms with Gasteiger partial charge in [-0.05, 0) is 12.2 Å². The Bertz CT molecular complexity index is 469. The molecule has 1 heterocycles. The molecule has 0 saturated carbocycles. The summed E-state index contributed by atoms with van der Waals surface area (Å²) < 4.78 is 36.6. The lowest BCUT2D eigenvalue weighted by molar-refractivity contribution is -0.141. The molecule has 3 nitrogen and oxygen atoms in total. The van der Waals surface area contributed by atoms with Crippen molar-refractivity contribution in [3.63, 3.8) is 0 Å². The van der Waals surface area contributed by atoms with Gasteiger partial charge in [0.05, 0.1) is 0 Å². The molecule has 80 valence electrons. The first-order chi connectivity index (χ1) is 6.93. The predicted octanol–water partition coefficient (Wildman–Crippen LogP) is 1.86. The van der Waals surface area contributed by atoms with E-state index in [0.717, 1.165) is 11.8 Å². The summed E-state index contributed by atoms with van der Waals surface area (Å²) in [6.45, 7) is 1.53. The van der Waals surface area contributed by atoms with Crippen LogP contribution in [0.3, 0.4) is 0 Å². The maximum Gasteiger partial charge on any atom is 0.433 e. The Labute approximate surface area is 87.1 Å². The minimum Gasteiger partial charge on any atom is -0.301 e. The van der Waals surface area contributed by atoms with E-state index in [9.17, 15) is 18.0 Å². The van der Waals surface area contributed by atoms with Gasteiger partial charge >= 0.3 is 6.18 Å². The second kappa shape index (κ2) is 4.40. The van der Waals surface area contributed by atoms with Crippen molar-refractivity contribution in [1.29, 1.82) is 0 Å². The molecule has 0 aliphatic heterocycles. The molecule has 0 unspecified atom stereocenters. The fourth-order valence-corrected chi connectivity index (χ4v) is 1.22. The molecule has 15 heavy (non-hydrogen) atoms. The predicted molar refractivity (Wildman–Crippen MR) is 49.2 cm³/mol. The second-order valence-corrected chi connectivity index (χ2v) is 3.18. The van der Waals surface area contributed by atoms with Crippen LogP contribution in [0.25, 0.3) is 0 Å².